The van der Waals surface area contributed by atoms with Gasteiger partial charge in [-0.1, -0.05) is 13.0 Å². The molecule has 9 nitrogen and oxygen atoms in total. The summed E-state index contributed by atoms with van der Waals surface area (Å²) in [5.74, 6) is -0.0622. The molecule has 0 amide bonds. The Hall–Kier alpha value is -1.75. The average Bonchev–Trinajstić information content (AvgIpc) is 3.02. The number of hydrogen-bond donors (Lipinski definition) is 6. The molecule has 1 aromatic carbocycles. The molecular formula is C24H32O9. The lowest BCUT2D eigenvalue weighted by molar-refractivity contribution is -0.271. The Labute approximate surface area is 191 Å². The van der Waals surface area contributed by atoms with E-state index >= 15 is 0 Å². The van der Waals surface area contributed by atoms with Gasteiger partial charge in [-0.3, -0.25) is 0 Å². The molecule has 3 aliphatic carbocycles. The number of aliphatic carboxylic acids is 1. The number of fused-ring (bicyclic) bond motifs is 5. The molecular weight excluding hydrogens is 432 g/mol. The van der Waals surface area contributed by atoms with Crippen molar-refractivity contribution in [2.24, 2.45) is 17.3 Å². The van der Waals surface area contributed by atoms with Crippen molar-refractivity contribution in [2.75, 3.05) is 0 Å². The molecule has 0 unspecified atom stereocenters. The van der Waals surface area contributed by atoms with E-state index in [1.807, 2.05) is 12.1 Å². The summed E-state index contributed by atoms with van der Waals surface area (Å²) in [6.07, 6.45) is -5.40. The minimum atomic E-state index is -1.76. The Bertz CT molecular complexity index is 921. The SMILES string of the molecule is C[C@]12CC[C@@H]3c4ccc(O[C@@H]5O[C@H](C(=O)O)[C@@H](O)[C@H](O)[C@H]5O)cc4CC[C@H]3[C@@H]1C[C@@H](O)[C@@H]2O. The Balaban J connectivity index is 1.34. The second-order valence-corrected chi connectivity index (χ2v) is 10.4. The summed E-state index contributed by atoms with van der Waals surface area (Å²) in [5.41, 5.74) is 2.08. The third-order valence-corrected chi connectivity index (χ3v) is 8.74. The largest absolute Gasteiger partial charge is 0.479 e. The summed E-state index contributed by atoms with van der Waals surface area (Å²) in [6, 6.07) is 5.60. The summed E-state index contributed by atoms with van der Waals surface area (Å²) < 4.78 is 10.9. The lowest BCUT2D eigenvalue weighted by Crippen LogP contribution is -2.61. The monoisotopic (exact) mass is 464 g/mol. The highest BCUT2D eigenvalue weighted by Crippen LogP contribution is 2.61. The fraction of sp³-hybridized carbons (Fsp3) is 0.708. The first-order chi connectivity index (χ1) is 15.6. The first-order valence-electron chi connectivity index (χ1n) is 11.7. The summed E-state index contributed by atoms with van der Waals surface area (Å²) in [7, 11) is 0. The van der Waals surface area contributed by atoms with Crippen LogP contribution in [0.3, 0.4) is 0 Å². The lowest BCUT2D eigenvalue weighted by Gasteiger charge is -2.50. The van der Waals surface area contributed by atoms with Crippen molar-refractivity contribution < 1.29 is 44.9 Å². The van der Waals surface area contributed by atoms with Crippen LogP contribution in [0, 0.1) is 17.3 Å². The Morgan fingerprint density at radius 3 is 2.58 bits per heavy atom. The molecule has 4 aliphatic rings. The number of benzene rings is 1. The van der Waals surface area contributed by atoms with Gasteiger partial charge in [0, 0.05) is 0 Å². The zero-order valence-electron chi connectivity index (χ0n) is 18.4. The van der Waals surface area contributed by atoms with Gasteiger partial charge in [0.05, 0.1) is 12.2 Å². The van der Waals surface area contributed by atoms with E-state index in [1.54, 1.807) is 6.07 Å². The van der Waals surface area contributed by atoms with Crippen LogP contribution in [0.1, 0.15) is 49.7 Å². The summed E-state index contributed by atoms with van der Waals surface area (Å²) >= 11 is 0. The van der Waals surface area contributed by atoms with Gasteiger partial charge in [-0.2, -0.15) is 0 Å². The van der Waals surface area contributed by atoms with Crippen molar-refractivity contribution in [2.45, 2.75) is 87.9 Å². The van der Waals surface area contributed by atoms with Gasteiger partial charge in [0.25, 0.3) is 0 Å². The van der Waals surface area contributed by atoms with Crippen LogP contribution in [-0.2, 0) is 16.0 Å². The number of aliphatic hydroxyl groups is 5. The van der Waals surface area contributed by atoms with E-state index < -0.39 is 48.9 Å². The smallest absolute Gasteiger partial charge is 0.335 e. The first-order valence-corrected chi connectivity index (χ1v) is 11.7. The number of carbonyl (C=O) groups is 1. The maximum Gasteiger partial charge on any atom is 0.335 e. The van der Waals surface area contributed by atoms with Crippen molar-refractivity contribution in [1.29, 1.82) is 0 Å². The first kappa shape index (κ1) is 23.0. The van der Waals surface area contributed by atoms with E-state index in [0.29, 0.717) is 24.0 Å². The molecule has 2 saturated carbocycles. The van der Waals surface area contributed by atoms with Crippen LogP contribution in [0.4, 0.5) is 0 Å². The molecule has 9 heteroatoms. The topological polar surface area (TPSA) is 157 Å². The zero-order chi connectivity index (χ0) is 23.7. The molecule has 11 atom stereocenters. The van der Waals surface area contributed by atoms with Crippen LogP contribution >= 0.6 is 0 Å². The number of carboxylic acid groups (broad SMARTS) is 1. The van der Waals surface area contributed by atoms with Crippen molar-refractivity contribution in [3.8, 4) is 5.75 Å². The summed E-state index contributed by atoms with van der Waals surface area (Å²) in [4.78, 5) is 11.3. The predicted octanol–water partition coefficient (Wildman–Crippen LogP) is 0.145. The highest BCUT2D eigenvalue weighted by atomic mass is 16.7. The average molecular weight is 465 g/mol. The zero-order valence-corrected chi connectivity index (χ0v) is 18.4. The van der Waals surface area contributed by atoms with Crippen LogP contribution in [0.2, 0.25) is 0 Å². The van der Waals surface area contributed by atoms with E-state index in [0.717, 1.165) is 31.2 Å². The van der Waals surface area contributed by atoms with Crippen LogP contribution in [0.5, 0.6) is 5.75 Å². The normalized spacial score (nSPS) is 46.7. The molecule has 1 aliphatic heterocycles. The van der Waals surface area contributed by atoms with E-state index in [9.17, 15) is 35.4 Å². The number of carboxylic acids is 1. The molecule has 0 aromatic heterocycles. The van der Waals surface area contributed by atoms with Gasteiger partial charge in [-0.15, -0.1) is 0 Å². The predicted molar refractivity (Wildman–Crippen MR) is 113 cm³/mol. The van der Waals surface area contributed by atoms with Gasteiger partial charge in [0.2, 0.25) is 6.29 Å². The molecule has 6 N–H and O–H groups in total. The van der Waals surface area contributed by atoms with Gasteiger partial charge in [-0.05, 0) is 78.5 Å². The molecule has 182 valence electrons. The van der Waals surface area contributed by atoms with Gasteiger partial charge < -0.3 is 40.1 Å². The number of aliphatic hydroxyl groups excluding tert-OH is 5. The summed E-state index contributed by atoms with van der Waals surface area (Å²) in [5, 5.41) is 60.2. The van der Waals surface area contributed by atoms with Gasteiger partial charge >= 0.3 is 5.97 Å². The van der Waals surface area contributed by atoms with E-state index in [-0.39, 0.29) is 11.3 Å². The number of ether oxygens (including phenoxy) is 2. The minimum Gasteiger partial charge on any atom is -0.479 e. The maximum absolute atomic E-state index is 11.3. The molecule has 5 rings (SSSR count). The third kappa shape index (κ3) is 3.57. The molecule has 3 fully saturated rings. The fourth-order valence-corrected chi connectivity index (χ4v) is 6.90. The van der Waals surface area contributed by atoms with Crippen LogP contribution < -0.4 is 4.74 Å². The minimum absolute atomic E-state index is 0.248. The number of rotatable bonds is 3. The van der Waals surface area contributed by atoms with E-state index in [2.05, 4.69) is 6.92 Å². The van der Waals surface area contributed by atoms with Gasteiger partial charge in [0.15, 0.2) is 6.10 Å². The molecule has 0 spiro atoms. The van der Waals surface area contributed by atoms with Crippen molar-refractivity contribution >= 4 is 5.97 Å². The van der Waals surface area contributed by atoms with Crippen molar-refractivity contribution in [3.05, 3.63) is 29.3 Å². The van der Waals surface area contributed by atoms with Gasteiger partial charge in [0.1, 0.15) is 24.1 Å². The Morgan fingerprint density at radius 1 is 1.09 bits per heavy atom. The maximum atomic E-state index is 11.3. The van der Waals surface area contributed by atoms with Crippen LogP contribution in [-0.4, -0.2) is 79.5 Å². The molecule has 0 bridgehead atoms. The molecule has 1 heterocycles. The summed E-state index contributed by atoms with van der Waals surface area (Å²) in [6.45, 7) is 2.10. The van der Waals surface area contributed by atoms with Crippen molar-refractivity contribution in [1.82, 2.24) is 0 Å². The van der Waals surface area contributed by atoms with Gasteiger partial charge in [-0.25, -0.2) is 4.79 Å². The molecule has 33 heavy (non-hydrogen) atoms. The third-order valence-electron chi connectivity index (χ3n) is 8.74. The van der Waals surface area contributed by atoms with Crippen LogP contribution in [0.25, 0.3) is 0 Å². The Morgan fingerprint density at radius 2 is 1.85 bits per heavy atom. The number of aryl methyl sites for hydroxylation is 1. The van der Waals surface area contributed by atoms with Crippen molar-refractivity contribution in [3.63, 3.8) is 0 Å². The number of hydrogen-bond acceptors (Lipinski definition) is 8. The Kier molecular flexibility index (Phi) is 5.70. The highest BCUT2D eigenvalue weighted by molar-refractivity contribution is 5.73. The molecule has 0 radical (unpaired) electrons. The highest BCUT2D eigenvalue weighted by Gasteiger charge is 2.57. The second kappa shape index (κ2) is 8.18. The quantitative estimate of drug-likeness (QED) is 0.366. The fourth-order valence-electron chi connectivity index (χ4n) is 6.90. The standard InChI is InChI=1S/C24H32O9/c1-24-7-6-13-12-5-3-11(32-23-19(28)17(26)18(27)20(33-23)22(30)31)8-10(12)2-4-14(13)15(24)9-16(25)21(24)29/h3,5,8,13-21,23,25-29H,2,4,6-7,9H2,1H3,(H,30,31)/t13-,14-,15+,16-,17+,18+,19-,20+,21+,23-,24+/m1/s1. The van der Waals surface area contributed by atoms with E-state index in [1.165, 1.54) is 5.56 Å². The van der Waals surface area contributed by atoms with Crippen LogP contribution in [0.15, 0.2) is 18.2 Å². The van der Waals surface area contributed by atoms with E-state index in [4.69, 9.17) is 9.47 Å². The lowest BCUT2D eigenvalue weighted by atomic mass is 9.55. The molecule has 1 saturated heterocycles. The molecule has 1 aromatic rings. The second-order valence-electron chi connectivity index (χ2n) is 10.4.